The van der Waals surface area contributed by atoms with Crippen molar-refractivity contribution < 1.29 is 0 Å². The summed E-state index contributed by atoms with van der Waals surface area (Å²) in [6, 6.07) is 0. The van der Waals surface area contributed by atoms with Gasteiger partial charge in [0.2, 0.25) is 0 Å². The summed E-state index contributed by atoms with van der Waals surface area (Å²) in [5.74, 6) is 0. The van der Waals surface area contributed by atoms with E-state index in [-0.39, 0.29) is 0 Å². The summed E-state index contributed by atoms with van der Waals surface area (Å²) < 4.78 is 0. The van der Waals surface area contributed by atoms with Crippen molar-refractivity contribution >= 4 is 15.9 Å². The Bertz CT molecular complexity index is 42.1. The Morgan fingerprint density at radius 2 is 2.00 bits per heavy atom. The molecule has 43 valence electrons. The van der Waals surface area contributed by atoms with Gasteiger partial charge in [0.05, 0.1) is 0 Å². The number of rotatable bonds is 2. The fourth-order valence-electron chi connectivity index (χ4n) is 0.0772. The molecule has 0 rings (SSSR count). The van der Waals surface area contributed by atoms with Gasteiger partial charge in [0.1, 0.15) is 0 Å². The molecule has 0 aromatic heterocycles. The predicted octanol–water partition coefficient (Wildman–Crippen LogP) is 2.63. The maximum absolute atomic E-state index is 3.40. The van der Waals surface area contributed by atoms with Crippen molar-refractivity contribution in [3.63, 3.8) is 0 Å². The lowest BCUT2D eigenvalue weighted by Gasteiger charge is -2.17. The Kier molecular flexibility index (Phi) is 2.89. The van der Waals surface area contributed by atoms with E-state index in [1.165, 1.54) is 0 Å². The average Bonchev–Trinajstić information content (AvgIpc) is 1.68. The van der Waals surface area contributed by atoms with Crippen LogP contribution in [0.1, 0.15) is 20.8 Å². The molecule has 0 bridgehead atoms. The summed E-state index contributed by atoms with van der Waals surface area (Å²) in [5, 5.41) is 1.05. The van der Waals surface area contributed by atoms with E-state index in [2.05, 4.69) is 43.1 Å². The second-order valence-electron chi connectivity index (χ2n) is 2.41. The van der Waals surface area contributed by atoms with Gasteiger partial charge in [0, 0.05) is 5.33 Å². The highest BCUT2D eigenvalue weighted by Gasteiger charge is 2.11. The first-order valence-corrected chi connectivity index (χ1v) is 3.61. The molecule has 0 unspecified atom stereocenters. The van der Waals surface area contributed by atoms with Crippen LogP contribution in [0.25, 0.3) is 0 Å². The molecule has 0 amide bonds. The van der Waals surface area contributed by atoms with E-state index in [0.29, 0.717) is 5.41 Å². The molecule has 0 nitrogen and oxygen atoms in total. The second-order valence-corrected chi connectivity index (χ2v) is 2.97. The molecule has 0 heterocycles. The minimum Gasteiger partial charge on any atom is -0.0922 e. The molecule has 0 N–H and O–H groups in total. The van der Waals surface area contributed by atoms with Crippen LogP contribution in [-0.4, -0.2) is 5.33 Å². The van der Waals surface area contributed by atoms with Crippen LogP contribution in [0, 0.1) is 11.8 Å². The number of alkyl halides is 1. The van der Waals surface area contributed by atoms with Crippen LogP contribution in [0.15, 0.2) is 0 Å². The van der Waals surface area contributed by atoms with Gasteiger partial charge in [0.15, 0.2) is 0 Å². The minimum atomic E-state index is 0.375. The molecule has 0 saturated carbocycles. The lowest BCUT2D eigenvalue weighted by atomic mass is 9.94. The topological polar surface area (TPSA) is 0 Å². The van der Waals surface area contributed by atoms with E-state index < -0.39 is 0 Å². The Morgan fingerprint density at radius 3 is 2.00 bits per heavy atom. The van der Waals surface area contributed by atoms with Crippen LogP contribution >= 0.6 is 15.9 Å². The molecule has 7 heavy (non-hydrogen) atoms. The molecular formula is C6H12Br. The SMILES string of the molecule is C[CH]C(C)(C)CBr. The van der Waals surface area contributed by atoms with Crippen LogP contribution in [0.3, 0.4) is 0 Å². The third-order valence-corrected chi connectivity index (χ3v) is 2.57. The van der Waals surface area contributed by atoms with Crippen molar-refractivity contribution in [3.05, 3.63) is 6.42 Å². The van der Waals surface area contributed by atoms with Crippen molar-refractivity contribution in [2.24, 2.45) is 5.41 Å². The van der Waals surface area contributed by atoms with Crippen LogP contribution in [0.4, 0.5) is 0 Å². The fourth-order valence-corrected chi connectivity index (χ4v) is 0.401. The van der Waals surface area contributed by atoms with Gasteiger partial charge in [0.25, 0.3) is 0 Å². The van der Waals surface area contributed by atoms with Crippen molar-refractivity contribution in [3.8, 4) is 0 Å². The molecule has 0 aromatic carbocycles. The van der Waals surface area contributed by atoms with E-state index in [1.807, 2.05) is 0 Å². The summed E-state index contributed by atoms with van der Waals surface area (Å²) in [4.78, 5) is 0. The van der Waals surface area contributed by atoms with Gasteiger partial charge in [-0.3, -0.25) is 0 Å². The van der Waals surface area contributed by atoms with Gasteiger partial charge in [-0.05, 0) is 11.8 Å². The summed E-state index contributed by atoms with van der Waals surface area (Å²) in [6.45, 7) is 6.48. The highest BCUT2D eigenvalue weighted by atomic mass is 79.9. The maximum atomic E-state index is 3.40. The van der Waals surface area contributed by atoms with Crippen LogP contribution in [0.2, 0.25) is 0 Å². The lowest BCUT2D eigenvalue weighted by molar-refractivity contribution is 0.512. The van der Waals surface area contributed by atoms with Gasteiger partial charge >= 0.3 is 0 Å². The third kappa shape index (κ3) is 3.10. The highest BCUT2D eigenvalue weighted by molar-refractivity contribution is 9.09. The van der Waals surface area contributed by atoms with E-state index in [9.17, 15) is 0 Å². The average molecular weight is 164 g/mol. The Morgan fingerprint density at radius 1 is 1.57 bits per heavy atom. The Balaban J connectivity index is 3.36. The summed E-state index contributed by atoms with van der Waals surface area (Å²) in [5.41, 5.74) is 0.375. The van der Waals surface area contributed by atoms with Crippen LogP contribution in [-0.2, 0) is 0 Å². The van der Waals surface area contributed by atoms with Gasteiger partial charge in [-0.25, -0.2) is 0 Å². The minimum absolute atomic E-state index is 0.375. The number of halogens is 1. The molecule has 0 fully saturated rings. The van der Waals surface area contributed by atoms with Gasteiger partial charge in [-0.1, -0.05) is 36.7 Å². The normalized spacial score (nSPS) is 12.0. The van der Waals surface area contributed by atoms with Crippen LogP contribution < -0.4 is 0 Å². The largest absolute Gasteiger partial charge is 0.0922 e. The van der Waals surface area contributed by atoms with Crippen molar-refractivity contribution in [1.82, 2.24) is 0 Å². The molecule has 0 aliphatic carbocycles. The third-order valence-electron chi connectivity index (χ3n) is 1.13. The van der Waals surface area contributed by atoms with Crippen molar-refractivity contribution in [1.29, 1.82) is 0 Å². The second kappa shape index (κ2) is 2.71. The monoisotopic (exact) mass is 163 g/mol. The van der Waals surface area contributed by atoms with Gasteiger partial charge in [-0.2, -0.15) is 0 Å². The van der Waals surface area contributed by atoms with E-state index >= 15 is 0 Å². The molecule has 0 spiro atoms. The van der Waals surface area contributed by atoms with Crippen LogP contribution in [0.5, 0.6) is 0 Å². The van der Waals surface area contributed by atoms with Gasteiger partial charge < -0.3 is 0 Å². The molecule has 0 aliphatic heterocycles. The number of hydrogen-bond donors (Lipinski definition) is 0. The fraction of sp³-hybridized carbons (Fsp3) is 0.833. The molecular weight excluding hydrogens is 152 g/mol. The van der Waals surface area contributed by atoms with Gasteiger partial charge in [-0.15, -0.1) is 0 Å². The summed E-state index contributed by atoms with van der Waals surface area (Å²) >= 11 is 3.40. The maximum Gasteiger partial charge on any atom is 0.00853 e. The molecule has 0 atom stereocenters. The molecule has 0 aliphatic rings. The van der Waals surface area contributed by atoms with Crippen molar-refractivity contribution in [2.75, 3.05) is 5.33 Å². The first-order chi connectivity index (χ1) is 3.12. The zero-order valence-electron chi connectivity index (χ0n) is 5.16. The quantitative estimate of drug-likeness (QED) is 0.550. The molecule has 0 saturated heterocycles. The lowest BCUT2D eigenvalue weighted by Crippen LogP contribution is -2.10. The summed E-state index contributed by atoms with van der Waals surface area (Å²) in [6.07, 6.45) is 2.20. The number of hydrogen-bond acceptors (Lipinski definition) is 0. The molecule has 0 aromatic rings. The summed E-state index contributed by atoms with van der Waals surface area (Å²) in [7, 11) is 0. The standard InChI is InChI=1S/C6H12Br/c1-4-6(2,3)5-7/h4H,5H2,1-3H3. The smallest absolute Gasteiger partial charge is 0.00853 e. The Labute approximate surface area is 54.4 Å². The van der Waals surface area contributed by atoms with E-state index in [0.717, 1.165) is 5.33 Å². The highest BCUT2D eigenvalue weighted by Crippen LogP contribution is 2.20. The van der Waals surface area contributed by atoms with E-state index in [4.69, 9.17) is 0 Å². The molecule has 1 heteroatoms. The zero-order chi connectivity index (χ0) is 5.91. The van der Waals surface area contributed by atoms with Crippen molar-refractivity contribution in [2.45, 2.75) is 20.8 Å². The first kappa shape index (κ1) is 7.48. The predicted molar refractivity (Wildman–Crippen MR) is 37.5 cm³/mol. The van der Waals surface area contributed by atoms with E-state index in [1.54, 1.807) is 0 Å². The first-order valence-electron chi connectivity index (χ1n) is 2.49. The Hall–Kier alpha value is 0.480. The molecule has 1 radical (unpaired) electrons. The zero-order valence-corrected chi connectivity index (χ0v) is 6.75.